The summed E-state index contributed by atoms with van der Waals surface area (Å²) < 4.78 is 4.89. The van der Waals surface area contributed by atoms with Crippen LogP contribution < -0.4 is 5.76 Å². The Morgan fingerprint density at radius 3 is 2.82 bits per heavy atom. The molecular formula is C10H5Cl2N3O2. The molecule has 17 heavy (non-hydrogen) atoms. The van der Waals surface area contributed by atoms with Crippen molar-refractivity contribution in [2.24, 2.45) is 0 Å². The summed E-state index contributed by atoms with van der Waals surface area (Å²) in [6.07, 6.45) is 1.66. The number of H-pyrrole nitrogens is 2. The van der Waals surface area contributed by atoms with Gasteiger partial charge in [-0.15, -0.1) is 5.10 Å². The molecule has 0 fully saturated rings. The Balaban J connectivity index is 2.38. The average molecular weight is 270 g/mol. The lowest BCUT2D eigenvalue weighted by Crippen LogP contribution is -1.93. The third-order valence-corrected chi connectivity index (χ3v) is 3.21. The van der Waals surface area contributed by atoms with Gasteiger partial charge in [0.15, 0.2) is 0 Å². The largest absolute Gasteiger partial charge is 0.434 e. The number of aromatic nitrogens is 3. The van der Waals surface area contributed by atoms with Gasteiger partial charge in [0.05, 0.1) is 15.6 Å². The van der Waals surface area contributed by atoms with Gasteiger partial charge in [-0.1, -0.05) is 23.2 Å². The Morgan fingerprint density at radius 2 is 2.12 bits per heavy atom. The number of rotatable bonds is 1. The SMILES string of the molecule is O=c1[nH]nc(-c2c[nH]c3ccc(Cl)c(Cl)c23)o1. The number of hydrogen-bond acceptors (Lipinski definition) is 3. The van der Waals surface area contributed by atoms with Crippen molar-refractivity contribution in [1.29, 1.82) is 0 Å². The standard InChI is InChI=1S/C10H5Cl2N3O2/c11-5-1-2-6-7(8(5)12)4(3-13-6)9-14-15-10(16)17-9/h1-3,13H,(H,15,16). The first-order valence-corrected chi connectivity index (χ1v) is 5.43. The number of halogens is 2. The molecule has 2 aromatic heterocycles. The van der Waals surface area contributed by atoms with E-state index < -0.39 is 5.76 Å². The van der Waals surface area contributed by atoms with Crippen LogP contribution in [0.3, 0.4) is 0 Å². The second-order valence-electron chi connectivity index (χ2n) is 3.40. The minimum absolute atomic E-state index is 0.172. The molecular weight excluding hydrogens is 265 g/mol. The Hall–Kier alpha value is -1.72. The van der Waals surface area contributed by atoms with Crippen molar-refractivity contribution in [3.63, 3.8) is 0 Å². The van der Waals surface area contributed by atoms with E-state index in [-0.39, 0.29) is 5.89 Å². The smallest absolute Gasteiger partial charge is 0.388 e. The molecule has 0 radical (unpaired) electrons. The molecule has 0 saturated heterocycles. The third-order valence-electron chi connectivity index (χ3n) is 2.40. The predicted octanol–water partition coefficient (Wildman–Crippen LogP) is 2.82. The Bertz CT molecular complexity index is 756. The zero-order valence-corrected chi connectivity index (χ0v) is 9.76. The Kier molecular flexibility index (Phi) is 2.24. The highest BCUT2D eigenvalue weighted by molar-refractivity contribution is 6.45. The van der Waals surface area contributed by atoms with Crippen LogP contribution in [0, 0.1) is 0 Å². The average Bonchev–Trinajstić information content (AvgIpc) is 2.89. The van der Waals surface area contributed by atoms with Crippen molar-refractivity contribution < 1.29 is 4.42 Å². The van der Waals surface area contributed by atoms with E-state index in [9.17, 15) is 4.79 Å². The Morgan fingerprint density at radius 1 is 1.29 bits per heavy atom. The van der Waals surface area contributed by atoms with Crippen molar-refractivity contribution in [1.82, 2.24) is 15.2 Å². The molecule has 0 aliphatic heterocycles. The van der Waals surface area contributed by atoms with Gasteiger partial charge >= 0.3 is 5.76 Å². The van der Waals surface area contributed by atoms with E-state index in [0.717, 1.165) is 5.52 Å². The molecule has 0 bridgehead atoms. The van der Waals surface area contributed by atoms with E-state index in [0.29, 0.717) is 21.0 Å². The predicted molar refractivity (Wildman–Crippen MR) is 64.4 cm³/mol. The van der Waals surface area contributed by atoms with Crippen LogP contribution in [0.5, 0.6) is 0 Å². The van der Waals surface area contributed by atoms with Crippen LogP contribution in [0.4, 0.5) is 0 Å². The van der Waals surface area contributed by atoms with Crippen molar-refractivity contribution >= 4 is 34.1 Å². The molecule has 7 heteroatoms. The van der Waals surface area contributed by atoms with Crippen LogP contribution in [-0.2, 0) is 0 Å². The van der Waals surface area contributed by atoms with Crippen LogP contribution in [0.2, 0.25) is 10.0 Å². The number of nitrogens with zero attached hydrogens (tertiary/aromatic N) is 1. The molecule has 0 aliphatic carbocycles. The molecule has 0 aliphatic rings. The molecule has 86 valence electrons. The second-order valence-corrected chi connectivity index (χ2v) is 4.19. The van der Waals surface area contributed by atoms with E-state index in [1.165, 1.54) is 0 Å². The molecule has 0 saturated carbocycles. The normalized spacial score (nSPS) is 11.2. The lowest BCUT2D eigenvalue weighted by atomic mass is 10.2. The highest BCUT2D eigenvalue weighted by Gasteiger charge is 2.15. The molecule has 2 N–H and O–H groups in total. The van der Waals surface area contributed by atoms with Gasteiger partial charge in [0.25, 0.3) is 5.89 Å². The van der Waals surface area contributed by atoms with Gasteiger partial charge in [-0.05, 0) is 12.1 Å². The number of hydrogen-bond donors (Lipinski definition) is 2. The van der Waals surface area contributed by atoms with Crippen LogP contribution in [0.25, 0.3) is 22.4 Å². The first-order chi connectivity index (χ1) is 8.16. The van der Waals surface area contributed by atoms with Crippen molar-refractivity contribution in [2.75, 3.05) is 0 Å². The summed E-state index contributed by atoms with van der Waals surface area (Å²) in [4.78, 5) is 13.9. The number of benzene rings is 1. The van der Waals surface area contributed by atoms with Crippen molar-refractivity contribution in [3.05, 3.63) is 38.9 Å². The molecule has 2 heterocycles. The van der Waals surface area contributed by atoms with Gasteiger partial charge in [0, 0.05) is 17.1 Å². The summed E-state index contributed by atoms with van der Waals surface area (Å²) in [7, 11) is 0. The van der Waals surface area contributed by atoms with Gasteiger partial charge in [-0.25, -0.2) is 9.89 Å². The van der Waals surface area contributed by atoms with E-state index in [4.69, 9.17) is 27.6 Å². The molecule has 0 spiro atoms. The van der Waals surface area contributed by atoms with Crippen molar-refractivity contribution in [2.45, 2.75) is 0 Å². The van der Waals surface area contributed by atoms with E-state index >= 15 is 0 Å². The summed E-state index contributed by atoms with van der Waals surface area (Å²) in [6, 6.07) is 3.48. The zero-order valence-electron chi connectivity index (χ0n) is 8.25. The molecule has 0 atom stereocenters. The first-order valence-electron chi connectivity index (χ1n) is 4.68. The van der Waals surface area contributed by atoms with Crippen molar-refractivity contribution in [3.8, 4) is 11.5 Å². The van der Waals surface area contributed by atoms with Gasteiger partial charge < -0.3 is 9.40 Å². The summed E-state index contributed by atoms with van der Waals surface area (Å²) >= 11 is 12.1. The molecule has 3 rings (SSSR count). The number of fused-ring (bicyclic) bond motifs is 1. The first kappa shape index (κ1) is 10.4. The van der Waals surface area contributed by atoms with Gasteiger partial charge in [-0.3, -0.25) is 0 Å². The number of aromatic amines is 2. The molecule has 5 nitrogen and oxygen atoms in total. The van der Waals surface area contributed by atoms with Gasteiger partial charge in [0.2, 0.25) is 0 Å². The maximum Gasteiger partial charge on any atom is 0.434 e. The number of nitrogens with one attached hydrogen (secondary N) is 2. The summed E-state index contributed by atoms with van der Waals surface area (Å²) in [5.41, 5.74) is 1.38. The van der Waals surface area contributed by atoms with Crippen LogP contribution in [0.1, 0.15) is 0 Å². The molecule has 3 aromatic rings. The fourth-order valence-corrected chi connectivity index (χ4v) is 2.09. The minimum Gasteiger partial charge on any atom is -0.388 e. The second kappa shape index (κ2) is 3.65. The molecule has 0 unspecified atom stereocenters. The third kappa shape index (κ3) is 1.55. The Labute approximate surface area is 104 Å². The highest BCUT2D eigenvalue weighted by Crippen LogP contribution is 2.36. The maximum absolute atomic E-state index is 10.9. The van der Waals surface area contributed by atoms with E-state index in [1.807, 2.05) is 0 Å². The fourth-order valence-electron chi connectivity index (χ4n) is 1.67. The maximum atomic E-state index is 10.9. The lowest BCUT2D eigenvalue weighted by Gasteiger charge is -1.98. The quantitative estimate of drug-likeness (QED) is 0.713. The van der Waals surface area contributed by atoms with Gasteiger partial charge in [-0.2, -0.15) is 0 Å². The van der Waals surface area contributed by atoms with E-state index in [2.05, 4.69) is 15.2 Å². The van der Waals surface area contributed by atoms with E-state index in [1.54, 1.807) is 18.3 Å². The highest BCUT2D eigenvalue weighted by atomic mass is 35.5. The van der Waals surface area contributed by atoms with Crippen LogP contribution >= 0.6 is 23.2 Å². The monoisotopic (exact) mass is 269 g/mol. The summed E-state index contributed by atoms with van der Waals surface area (Å²) in [5, 5.41) is 7.45. The molecule has 0 amide bonds. The summed E-state index contributed by atoms with van der Waals surface area (Å²) in [5.74, 6) is -0.446. The molecule has 1 aromatic carbocycles. The minimum atomic E-state index is -0.618. The topological polar surface area (TPSA) is 74.7 Å². The fraction of sp³-hybridized carbons (Fsp3) is 0. The lowest BCUT2D eigenvalue weighted by molar-refractivity contribution is 0.527. The van der Waals surface area contributed by atoms with Crippen LogP contribution in [-0.4, -0.2) is 15.2 Å². The zero-order chi connectivity index (χ0) is 12.0. The van der Waals surface area contributed by atoms with Crippen LogP contribution in [0.15, 0.2) is 27.5 Å². The van der Waals surface area contributed by atoms with Gasteiger partial charge in [0.1, 0.15) is 0 Å². The summed E-state index contributed by atoms with van der Waals surface area (Å²) in [6.45, 7) is 0.